The number of nitrogens with zero attached hydrogens (tertiary/aromatic N) is 3. The lowest BCUT2D eigenvalue weighted by Crippen LogP contribution is -2.70. The van der Waals surface area contributed by atoms with Crippen LogP contribution in [-0.2, 0) is 24.0 Å². The van der Waals surface area contributed by atoms with Crippen molar-refractivity contribution in [3.8, 4) is 0 Å². The molecule has 2 N–H and O–H groups in total. The third kappa shape index (κ3) is 4.26. The van der Waals surface area contributed by atoms with Crippen molar-refractivity contribution in [2.75, 3.05) is 19.6 Å². The van der Waals surface area contributed by atoms with Crippen molar-refractivity contribution in [1.82, 2.24) is 25.3 Å². The quantitative estimate of drug-likeness (QED) is 0.315. The molecular formula is C23H27N5O6S. The molecule has 3 aliphatic heterocycles. The number of thioether (sulfide) groups is 1. The smallest absolute Gasteiger partial charge is 0.325 e. The monoisotopic (exact) mass is 501 g/mol. The summed E-state index contributed by atoms with van der Waals surface area (Å²) in [5.41, 5.74) is 0.443. The van der Waals surface area contributed by atoms with Gasteiger partial charge in [-0.3, -0.25) is 24.1 Å². The molecule has 0 spiro atoms. The average molecular weight is 502 g/mol. The zero-order valence-corrected chi connectivity index (χ0v) is 20.4. The van der Waals surface area contributed by atoms with Gasteiger partial charge in [0, 0.05) is 24.4 Å². The first-order chi connectivity index (χ1) is 16.6. The number of imide groups is 1. The SMILES string of the molecule is CCN1CCN(C(=O)N[C@@H](C(=O)N[C@@H]2C(=O)N3C2SC(C)(C)C3C=O)c2ccccc2)C(=O)C1=O. The molecule has 6 amide bonds. The van der Waals surface area contributed by atoms with Crippen LogP contribution in [0.5, 0.6) is 0 Å². The van der Waals surface area contributed by atoms with Gasteiger partial charge < -0.3 is 25.2 Å². The zero-order chi connectivity index (χ0) is 25.5. The summed E-state index contributed by atoms with van der Waals surface area (Å²) in [5.74, 6) is -2.74. The van der Waals surface area contributed by atoms with Crippen molar-refractivity contribution < 1.29 is 28.8 Å². The summed E-state index contributed by atoms with van der Waals surface area (Å²) in [5, 5.41) is 4.85. The maximum Gasteiger partial charge on any atom is 0.325 e. The second-order valence-corrected chi connectivity index (χ2v) is 10.8. The fraction of sp³-hybridized carbons (Fsp3) is 0.478. The molecule has 2 unspecified atom stereocenters. The summed E-state index contributed by atoms with van der Waals surface area (Å²) in [6.45, 7) is 6.03. The van der Waals surface area contributed by atoms with Crippen LogP contribution in [0.15, 0.2) is 30.3 Å². The van der Waals surface area contributed by atoms with Gasteiger partial charge in [-0.2, -0.15) is 0 Å². The number of amides is 6. The lowest BCUT2D eigenvalue weighted by molar-refractivity contribution is -0.153. The maximum atomic E-state index is 13.3. The number of carbonyl (C=O) groups is 6. The van der Waals surface area contributed by atoms with E-state index < -0.39 is 52.0 Å². The van der Waals surface area contributed by atoms with Crippen LogP contribution in [0.4, 0.5) is 4.79 Å². The number of hydrogen-bond donors (Lipinski definition) is 2. The van der Waals surface area contributed by atoms with Crippen molar-refractivity contribution in [3.05, 3.63) is 35.9 Å². The van der Waals surface area contributed by atoms with Crippen LogP contribution in [-0.4, -0.2) is 92.5 Å². The van der Waals surface area contributed by atoms with Crippen LogP contribution in [0, 0.1) is 0 Å². The fourth-order valence-corrected chi connectivity index (χ4v) is 6.14. The van der Waals surface area contributed by atoms with Gasteiger partial charge >= 0.3 is 17.8 Å². The Morgan fingerprint density at radius 3 is 2.46 bits per heavy atom. The number of aldehydes is 1. The Labute approximate surface area is 206 Å². The van der Waals surface area contributed by atoms with Crippen LogP contribution in [0.3, 0.4) is 0 Å². The highest BCUT2D eigenvalue weighted by Gasteiger charge is 2.62. The Balaban J connectivity index is 1.50. The van der Waals surface area contributed by atoms with Crippen molar-refractivity contribution >= 4 is 47.7 Å². The number of β-lactam (4-membered cyclic amide) rings is 1. The van der Waals surface area contributed by atoms with Gasteiger partial charge in [0.1, 0.15) is 29.8 Å². The molecule has 3 saturated heterocycles. The predicted octanol–water partition coefficient (Wildman–Crippen LogP) is -0.126. The molecular weight excluding hydrogens is 474 g/mol. The van der Waals surface area contributed by atoms with Crippen molar-refractivity contribution in [2.24, 2.45) is 0 Å². The molecule has 3 aliphatic rings. The molecule has 4 atom stereocenters. The molecule has 0 radical (unpaired) electrons. The van der Waals surface area contributed by atoms with Gasteiger partial charge in [-0.05, 0) is 26.3 Å². The number of benzene rings is 1. The first kappa shape index (κ1) is 24.7. The summed E-state index contributed by atoms with van der Waals surface area (Å²) >= 11 is 1.43. The summed E-state index contributed by atoms with van der Waals surface area (Å²) in [4.78, 5) is 78.8. The second kappa shape index (κ2) is 9.33. The van der Waals surface area contributed by atoms with Gasteiger partial charge in [0.15, 0.2) is 0 Å². The molecule has 4 rings (SSSR count). The van der Waals surface area contributed by atoms with E-state index in [0.29, 0.717) is 12.1 Å². The third-order valence-corrected chi connectivity index (χ3v) is 8.13. The predicted molar refractivity (Wildman–Crippen MR) is 126 cm³/mol. The summed E-state index contributed by atoms with van der Waals surface area (Å²) in [6.07, 6.45) is 0.743. The Morgan fingerprint density at radius 2 is 1.83 bits per heavy atom. The van der Waals surface area contributed by atoms with E-state index >= 15 is 0 Å². The number of rotatable bonds is 6. The summed E-state index contributed by atoms with van der Waals surface area (Å²) in [7, 11) is 0. The van der Waals surface area contributed by atoms with Crippen LogP contribution < -0.4 is 10.6 Å². The second-order valence-electron chi connectivity index (χ2n) is 9.06. The minimum Gasteiger partial charge on any atom is -0.340 e. The lowest BCUT2D eigenvalue weighted by atomic mass is 9.96. The highest BCUT2D eigenvalue weighted by molar-refractivity contribution is 8.01. The van der Waals surface area contributed by atoms with E-state index in [1.807, 2.05) is 13.8 Å². The molecule has 1 aromatic rings. The number of nitrogens with one attached hydrogen (secondary N) is 2. The zero-order valence-electron chi connectivity index (χ0n) is 19.6. The highest BCUT2D eigenvalue weighted by Crippen LogP contribution is 2.50. The standard InChI is InChI=1S/C23H27N5O6S/c1-4-26-10-11-27(20(33)19(26)32)22(34)25-15(13-8-6-5-7-9-13)17(30)24-16-18(31)28-14(12-29)23(2,3)35-21(16)28/h5-9,12,14-16,21H,4,10-11H2,1-3H3,(H,24,30)(H,25,34)/t14?,15-,16-,21?/m1/s1. The molecule has 11 nitrogen and oxygen atoms in total. The fourth-order valence-electron chi connectivity index (χ4n) is 4.54. The molecule has 0 saturated carbocycles. The van der Waals surface area contributed by atoms with Crippen LogP contribution in [0.2, 0.25) is 0 Å². The van der Waals surface area contributed by atoms with Gasteiger partial charge in [0.2, 0.25) is 11.8 Å². The molecule has 0 bridgehead atoms. The Morgan fingerprint density at radius 1 is 1.14 bits per heavy atom. The van der Waals surface area contributed by atoms with E-state index in [0.717, 1.165) is 11.2 Å². The number of likely N-dealkylation sites (N-methyl/N-ethyl adjacent to an activating group) is 1. The molecule has 186 valence electrons. The Kier molecular flexibility index (Phi) is 6.58. The number of hydrogen-bond acceptors (Lipinski definition) is 7. The minimum absolute atomic E-state index is 0.00429. The lowest BCUT2D eigenvalue weighted by Gasteiger charge is -2.44. The number of piperazine rings is 1. The van der Waals surface area contributed by atoms with Gasteiger partial charge in [-0.25, -0.2) is 4.79 Å². The molecule has 3 fully saturated rings. The van der Waals surface area contributed by atoms with E-state index in [2.05, 4.69) is 10.6 Å². The average Bonchev–Trinajstić information content (AvgIpc) is 3.09. The van der Waals surface area contributed by atoms with Crippen LogP contribution >= 0.6 is 11.8 Å². The maximum absolute atomic E-state index is 13.3. The topological polar surface area (TPSA) is 136 Å². The normalized spacial score (nSPS) is 26.1. The van der Waals surface area contributed by atoms with E-state index in [4.69, 9.17) is 0 Å². The molecule has 1 aromatic carbocycles. The Hall–Kier alpha value is -3.41. The van der Waals surface area contributed by atoms with E-state index in [1.54, 1.807) is 37.3 Å². The van der Waals surface area contributed by atoms with Crippen LogP contribution in [0.1, 0.15) is 32.4 Å². The molecule has 12 heteroatoms. The largest absolute Gasteiger partial charge is 0.340 e. The minimum atomic E-state index is -1.21. The van der Waals surface area contributed by atoms with Gasteiger partial charge in [-0.15, -0.1) is 11.8 Å². The molecule has 3 heterocycles. The molecule has 0 aliphatic carbocycles. The van der Waals surface area contributed by atoms with Crippen molar-refractivity contribution in [3.63, 3.8) is 0 Å². The van der Waals surface area contributed by atoms with Crippen molar-refractivity contribution in [2.45, 2.75) is 49.0 Å². The highest BCUT2D eigenvalue weighted by atomic mass is 32.2. The van der Waals surface area contributed by atoms with Gasteiger partial charge in [0.05, 0.1) is 0 Å². The summed E-state index contributed by atoms with van der Waals surface area (Å²) < 4.78 is -0.498. The molecule has 0 aromatic heterocycles. The van der Waals surface area contributed by atoms with E-state index in [-0.39, 0.29) is 19.0 Å². The first-order valence-electron chi connectivity index (χ1n) is 11.3. The van der Waals surface area contributed by atoms with Crippen LogP contribution in [0.25, 0.3) is 0 Å². The third-order valence-electron chi connectivity index (χ3n) is 6.54. The Bertz CT molecular complexity index is 1080. The van der Waals surface area contributed by atoms with Gasteiger partial charge in [0.25, 0.3) is 0 Å². The van der Waals surface area contributed by atoms with Gasteiger partial charge in [-0.1, -0.05) is 30.3 Å². The van der Waals surface area contributed by atoms with E-state index in [1.165, 1.54) is 21.6 Å². The van der Waals surface area contributed by atoms with Crippen molar-refractivity contribution in [1.29, 1.82) is 0 Å². The number of urea groups is 1. The molecule has 35 heavy (non-hydrogen) atoms. The number of fused-ring (bicyclic) bond motifs is 1. The summed E-state index contributed by atoms with van der Waals surface area (Å²) in [6, 6.07) is 4.88. The first-order valence-corrected chi connectivity index (χ1v) is 12.2. The number of carbonyl (C=O) groups excluding carboxylic acids is 6. The van der Waals surface area contributed by atoms with E-state index in [9.17, 15) is 28.8 Å².